The fourth-order valence-electron chi connectivity index (χ4n) is 0.640. The largest absolute Gasteiger partial charge is 0.481 e. The van der Waals surface area contributed by atoms with Crippen LogP contribution in [0.2, 0.25) is 0 Å². The number of carboxylic acids is 1. The number of hydrogen-bond acceptors (Lipinski definition) is 3. The molecule has 4 nitrogen and oxygen atoms in total. The normalized spacial score (nSPS) is 16.3. The molecule has 0 saturated carbocycles. The van der Waals surface area contributed by atoms with E-state index >= 15 is 0 Å². The number of hydrogen-bond donors (Lipinski definition) is 3. The van der Waals surface area contributed by atoms with Crippen LogP contribution in [0.25, 0.3) is 0 Å². The summed E-state index contributed by atoms with van der Waals surface area (Å²) in [5, 5.41) is 17.2. The highest BCUT2D eigenvalue weighted by atomic mass is 16.4. The van der Waals surface area contributed by atoms with Crippen molar-refractivity contribution in [3.8, 4) is 0 Å². The Kier molecular flexibility index (Phi) is 3.99. The maximum Gasteiger partial charge on any atom is 0.305 e. The first kappa shape index (κ1) is 9.39. The zero-order valence-corrected chi connectivity index (χ0v) is 5.95. The topological polar surface area (TPSA) is 83.5 Å². The van der Waals surface area contributed by atoms with Gasteiger partial charge in [-0.15, -0.1) is 0 Å². The van der Waals surface area contributed by atoms with Gasteiger partial charge in [0.2, 0.25) is 0 Å². The molecule has 0 aliphatic heterocycles. The summed E-state index contributed by atoms with van der Waals surface area (Å²) in [4.78, 5) is 10.0. The van der Waals surface area contributed by atoms with Gasteiger partial charge in [-0.1, -0.05) is 6.92 Å². The monoisotopic (exact) mass is 147 g/mol. The fraction of sp³-hybridized carbons (Fsp3) is 0.833. The van der Waals surface area contributed by atoms with E-state index in [0.717, 1.165) is 0 Å². The highest BCUT2D eigenvalue weighted by molar-refractivity contribution is 5.67. The molecule has 0 radical (unpaired) electrons. The van der Waals surface area contributed by atoms with Crippen molar-refractivity contribution in [3.63, 3.8) is 0 Å². The molecular formula is C6H13NO3. The van der Waals surface area contributed by atoms with Crippen molar-refractivity contribution in [3.05, 3.63) is 0 Å². The number of aliphatic hydroxyl groups excluding tert-OH is 1. The SMILES string of the molecule is CC[C@@H](O)[C@H](N)CC(=O)O. The minimum Gasteiger partial charge on any atom is -0.481 e. The molecule has 0 amide bonds. The van der Waals surface area contributed by atoms with Crippen molar-refractivity contribution in [1.29, 1.82) is 0 Å². The molecule has 2 atom stereocenters. The quantitative estimate of drug-likeness (QED) is 0.503. The lowest BCUT2D eigenvalue weighted by Crippen LogP contribution is -2.36. The summed E-state index contributed by atoms with van der Waals surface area (Å²) >= 11 is 0. The first-order valence-corrected chi connectivity index (χ1v) is 3.23. The first-order valence-electron chi connectivity index (χ1n) is 3.23. The van der Waals surface area contributed by atoms with Gasteiger partial charge in [-0.2, -0.15) is 0 Å². The summed E-state index contributed by atoms with van der Waals surface area (Å²) in [6.07, 6.45) is -0.375. The Morgan fingerprint density at radius 1 is 1.70 bits per heavy atom. The van der Waals surface area contributed by atoms with Crippen molar-refractivity contribution >= 4 is 5.97 Å². The Bertz CT molecular complexity index is 116. The number of carboxylic acid groups (broad SMARTS) is 1. The van der Waals surface area contributed by atoms with Gasteiger partial charge in [0, 0.05) is 6.04 Å². The summed E-state index contributed by atoms with van der Waals surface area (Å²) < 4.78 is 0. The minimum atomic E-state index is -0.972. The van der Waals surface area contributed by atoms with Gasteiger partial charge in [0.15, 0.2) is 0 Å². The second-order valence-electron chi connectivity index (χ2n) is 2.24. The molecule has 0 aromatic heterocycles. The maximum absolute atomic E-state index is 10.0. The second-order valence-corrected chi connectivity index (χ2v) is 2.24. The molecule has 0 aromatic carbocycles. The number of nitrogens with two attached hydrogens (primary N) is 1. The molecule has 4 heteroatoms. The van der Waals surface area contributed by atoms with Crippen LogP contribution in [-0.2, 0) is 4.79 Å². The van der Waals surface area contributed by atoms with E-state index in [-0.39, 0.29) is 6.42 Å². The van der Waals surface area contributed by atoms with Crippen molar-refractivity contribution in [2.45, 2.75) is 31.9 Å². The molecule has 0 spiro atoms. The van der Waals surface area contributed by atoms with Crippen LogP contribution in [0.4, 0.5) is 0 Å². The maximum atomic E-state index is 10.0. The van der Waals surface area contributed by atoms with E-state index < -0.39 is 18.1 Å². The van der Waals surface area contributed by atoms with Crippen LogP contribution in [0, 0.1) is 0 Å². The first-order chi connectivity index (χ1) is 4.57. The lowest BCUT2D eigenvalue weighted by molar-refractivity contribution is -0.138. The van der Waals surface area contributed by atoms with Gasteiger partial charge >= 0.3 is 5.97 Å². The minimum absolute atomic E-state index is 0.172. The predicted octanol–water partition coefficient (Wildman–Crippen LogP) is -0.441. The second kappa shape index (κ2) is 4.24. The molecular weight excluding hydrogens is 134 g/mol. The average molecular weight is 147 g/mol. The van der Waals surface area contributed by atoms with E-state index in [4.69, 9.17) is 15.9 Å². The summed E-state index contributed by atoms with van der Waals surface area (Å²) in [6.45, 7) is 1.76. The van der Waals surface area contributed by atoms with Crippen molar-refractivity contribution in [1.82, 2.24) is 0 Å². The Morgan fingerprint density at radius 2 is 2.20 bits per heavy atom. The zero-order valence-electron chi connectivity index (χ0n) is 5.95. The molecule has 4 N–H and O–H groups in total. The van der Waals surface area contributed by atoms with E-state index in [9.17, 15) is 4.79 Å². The molecule has 0 fully saturated rings. The van der Waals surface area contributed by atoms with Gasteiger partial charge in [0.1, 0.15) is 0 Å². The highest BCUT2D eigenvalue weighted by Gasteiger charge is 2.15. The van der Waals surface area contributed by atoms with E-state index in [1.54, 1.807) is 6.92 Å². The summed E-state index contributed by atoms with van der Waals surface area (Å²) in [6, 6.07) is -0.637. The number of aliphatic carboxylic acids is 1. The van der Waals surface area contributed by atoms with Crippen LogP contribution in [0.15, 0.2) is 0 Å². The van der Waals surface area contributed by atoms with Crippen molar-refractivity contribution < 1.29 is 15.0 Å². The fourth-order valence-corrected chi connectivity index (χ4v) is 0.640. The zero-order chi connectivity index (χ0) is 8.15. The molecule has 60 valence electrons. The molecule has 0 heterocycles. The molecule has 0 aliphatic rings. The molecule has 0 saturated heterocycles. The van der Waals surface area contributed by atoms with Crippen LogP contribution < -0.4 is 5.73 Å². The van der Waals surface area contributed by atoms with E-state index in [1.165, 1.54) is 0 Å². The van der Waals surface area contributed by atoms with Crippen molar-refractivity contribution in [2.24, 2.45) is 5.73 Å². The third kappa shape index (κ3) is 3.42. The van der Waals surface area contributed by atoms with Crippen LogP contribution in [-0.4, -0.2) is 28.3 Å². The third-order valence-electron chi connectivity index (χ3n) is 1.32. The molecule has 10 heavy (non-hydrogen) atoms. The highest BCUT2D eigenvalue weighted by Crippen LogP contribution is 1.99. The van der Waals surface area contributed by atoms with Gasteiger partial charge in [-0.3, -0.25) is 4.79 Å². The number of rotatable bonds is 4. The predicted molar refractivity (Wildman–Crippen MR) is 36.5 cm³/mol. The molecule has 0 rings (SSSR count). The molecule has 0 bridgehead atoms. The number of carbonyl (C=O) groups is 1. The Hall–Kier alpha value is -0.610. The Morgan fingerprint density at radius 3 is 2.50 bits per heavy atom. The molecule has 0 aromatic rings. The Labute approximate surface area is 59.7 Å². The lowest BCUT2D eigenvalue weighted by Gasteiger charge is -2.13. The van der Waals surface area contributed by atoms with Gasteiger partial charge in [-0.05, 0) is 6.42 Å². The molecule has 0 aliphatic carbocycles. The van der Waals surface area contributed by atoms with Crippen molar-refractivity contribution in [2.75, 3.05) is 0 Å². The van der Waals surface area contributed by atoms with E-state index in [2.05, 4.69) is 0 Å². The average Bonchev–Trinajstić information content (AvgIpc) is 1.85. The number of aliphatic hydroxyl groups is 1. The Balaban J connectivity index is 3.61. The summed E-state index contributed by atoms with van der Waals surface area (Å²) in [7, 11) is 0. The lowest BCUT2D eigenvalue weighted by atomic mass is 10.1. The van der Waals surface area contributed by atoms with E-state index in [0.29, 0.717) is 6.42 Å². The van der Waals surface area contributed by atoms with Crippen LogP contribution in [0.1, 0.15) is 19.8 Å². The van der Waals surface area contributed by atoms with Gasteiger partial charge < -0.3 is 15.9 Å². The standard InChI is InChI=1S/C6H13NO3/c1-2-5(8)4(7)3-6(9)10/h4-5,8H,2-3,7H2,1H3,(H,9,10)/t4-,5-/m1/s1. The van der Waals surface area contributed by atoms with Gasteiger partial charge in [-0.25, -0.2) is 0 Å². The van der Waals surface area contributed by atoms with Crippen LogP contribution in [0.5, 0.6) is 0 Å². The van der Waals surface area contributed by atoms with E-state index in [1.807, 2.05) is 0 Å². The van der Waals surface area contributed by atoms with Gasteiger partial charge in [0.05, 0.1) is 12.5 Å². The van der Waals surface area contributed by atoms with Gasteiger partial charge in [0.25, 0.3) is 0 Å². The third-order valence-corrected chi connectivity index (χ3v) is 1.32. The summed E-state index contributed by atoms with van der Waals surface area (Å²) in [5.41, 5.74) is 5.30. The van der Waals surface area contributed by atoms with Crippen LogP contribution >= 0.6 is 0 Å². The van der Waals surface area contributed by atoms with Crippen LogP contribution in [0.3, 0.4) is 0 Å². The smallest absolute Gasteiger partial charge is 0.305 e. The summed E-state index contributed by atoms with van der Waals surface area (Å²) in [5.74, 6) is -0.972. The molecule has 0 unspecified atom stereocenters.